The first-order valence-electron chi connectivity index (χ1n) is 5.87. The Morgan fingerprint density at radius 1 is 1.33 bits per heavy atom. The third-order valence-corrected chi connectivity index (χ3v) is 2.61. The molecule has 0 unspecified atom stereocenters. The highest BCUT2D eigenvalue weighted by Gasteiger charge is 2.20. The van der Waals surface area contributed by atoms with Crippen LogP contribution in [0.1, 0.15) is 18.5 Å². The van der Waals surface area contributed by atoms with Gasteiger partial charge in [0.2, 0.25) is 5.88 Å². The molecule has 2 aromatic heterocycles. The molecule has 0 aliphatic heterocycles. The van der Waals surface area contributed by atoms with Gasteiger partial charge in [-0.15, -0.1) is 5.10 Å². The van der Waals surface area contributed by atoms with E-state index in [9.17, 15) is 0 Å². The summed E-state index contributed by atoms with van der Waals surface area (Å²) in [4.78, 5) is 12.4. The first-order chi connectivity index (χ1) is 8.79. The molecule has 18 heavy (non-hydrogen) atoms. The van der Waals surface area contributed by atoms with E-state index in [-0.39, 0.29) is 6.01 Å². The van der Waals surface area contributed by atoms with Gasteiger partial charge in [0.05, 0.1) is 18.1 Å². The van der Waals surface area contributed by atoms with Crippen LogP contribution in [0, 0.1) is 0 Å². The maximum absolute atomic E-state index is 5.36. The van der Waals surface area contributed by atoms with Crippen LogP contribution in [-0.2, 0) is 13.6 Å². The lowest BCUT2D eigenvalue weighted by Gasteiger charge is -2.03. The predicted octanol–water partition coefficient (Wildman–Crippen LogP) is 0.649. The van der Waals surface area contributed by atoms with Crippen molar-refractivity contribution >= 4 is 0 Å². The molecule has 0 saturated heterocycles. The molecule has 1 aliphatic rings. The van der Waals surface area contributed by atoms with E-state index in [0.717, 1.165) is 12.2 Å². The Labute approximate surface area is 104 Å². The second kappa shape index (κ2) is 4.69. The van der Waals surface area contributed by atoms with E-state index < -0.39 is 0 Å². The minimum atomic E-state index is 0.274. The van der Waals surface area contributed by atoms with Gasteiger partial charge in [0, 0.05) is 19.6 Å². The highest BCUT2D eigenvalue weighted by Crippen LogP contribution is 2.19. The van der Waals surface area contributed by atoms with Crippen molar-refractivity contribution in [3.8, 4) is 11.9 Å². The summed E-state index contributed by atoms with van der Waals surface area (Å²) in [6.45, 7) is 0.750. The number of nitrogens with zero attached hydrogens (tertiary/aromatic N) is 5. The number of hydrogen-bond donors (Lipinski definition) is 1. The van der Waals surface area contributed by atoms with Crippen molar-refractivity contribution < 1.29 is 4.74 Å². The zero-order chi connectivity index (χ0) is 12.4. The van der Waals surface area contributed by atoms with Gasteiger partial charge in [-0.2, -0.15) is 4.98 Å². The van der Waals surface area contributed by atoms with Crippen LogP contribution in [0.5, 0.6) is 11.9 Å². The Hall–Kier alpha value is -2.02. The van der Waals surface area contributed by atoms with Crippen LogP contribution < -0.4 is 10.1 Å². The van der Waals surface area contributed by atoms with Crippen molar-refractivity contribution in [2.45, 2.75) is 25.4 Å². The molecule has 0 amide bonds. The van der Waals surface area contributed by atoms with Crippen molar-refractivity contribution in [1.82, 2.24) is 30.0 Å². The Kier molecular flexibility index (Phi) is 2.89. The molecule has 1 fully saturated rings. The van der Waals surface area contributed by atoms with Crippen LogP contribution >= 0.6 is 0 Å². The van der Waals surface area contributed by atoms with Gasteiger partial charge < -0.3 is 10.1 Å². The molecular weight excluding hydrogens is 232 g/mol. The quantitative estimate of drug-likeness (QED) is 0.834. The van der Waals surface area contributed by atoms with Crippen molar-refractivity contribution in [3.05, 3.63) is 24.4 Å². The highest BCUT2D eigenvalue weighted by molar-refractivity contribution is 5.11. The van der Waals surface area contributed by atoms with E-state index in [2.05, 4.69) is 25.4 Å². The predicted molar refractivity (Wildman–Crippen MR) is 63.0 cm³/mol. The number of aryl methyl sites for hydroxylation is 1. The topological polar surface area (TPSA) is 77.8 Å². The van der Waals surface area contributed by atoms with E-state index in [4.69, 9.17) is 4.74 Å². The lowest BCUT2D eigenvalue weighted by molar-refractivity contribution is 0.419. The van der Waals surface area contributed by atoms with Gasteiger partial charge in [0.25, 0.3) is 0 Å². The van der Waals surface area contributed by atoms with Crippen LogP contribution in [0.2, 0.25) is 0 Å². The van der Waals surface area contributed by atoms with Crippen molar-refractivity contribution in [3.63, 3.8) is 0 Å². The fraction of sp³-hybridized carbons (Fsp3) is 0.455. The summed E-state index contributed by atoms with van der Waals surface area (Å²) in [7, 11) is 1.78. The molecule has 0 radical (unpaired) electrons. The summed E-state index contributed by atoms with van der Waals surface area (Å²) in [6.07, 6.45) is 7.38. The van der Waals surface area contributed by atoms with Gasteiger partial charge in [-0.05, 0) is 12.8 Å². The Bertz CT molecular complexity index is 519. The molecule has 3 rings (SSSR count). The molecule has 0 atom stereocenters. The summed E-state index contributed by atoms with van der Waals surface area (Å²) in [5.74, 6) is 0.399. The normalized spacial score (nSPS) is 14.7. The Balaban J connectivity index is 1.59. The molecule has 1 aliphatic carbocycles. The Morgan fingerprint density at radius 2 is 2.22 bits per heavy atom. The van der Waals surface area contributed by atoms with Crippen molar-refractivity contribution in [2.75, 3.05) is 0 Å². The van der Waals surface area contributed by atoms with Crippen molar-refractivity contribution in [1.29, 1.82) is 0 Å². The van der Waals surface area contributed by atoms with Gasteiger partial charge in [-0.1, -0.05) is 0 Å². The third kappa shape index (κ3) is 2.80. The average Bonchev–Trinajstić information content (AvgIpc) is 3.12. The summed E-state index contributed by atoms with van der Waals surface area (Å²) in [5, 5.41) is 7.37. The van der Waals surface area contributed by atoms with Gasteiger partial charge in [0.15, 0.2) is 0 Å². The summed E-state index contributed by atoms with van der Waals surface area (Å²) < 4.78 is 6.92. The molecule has 7 heteroatoms. The molecule has 94 valence electrons. The molecule has 0 spiro atoms. The summed E-state index contributed by atoms with van der Waals surface area (Å²) >= 11 is 0. The molecule has 1 saturated carbocycles. The number of nitrogens with one attached hydrogen (secondary N) is 1. The molecule has 2 heterocycles. The number of hydrogen-bond acceptors (Lipinski definition) is 6. The van der Waals surface area contributed by atoms with E-state index in [0.29, 0.717) is 11.9 Å². The van der Waals surface area contributed by atoms with Crippen LogP contribution in [0.15, 0.2) is 18.7 Å². The molecular formula is C11H14N6O. The molecule has 2 aromatic rings. The van der Waals surface area contributed by atoms with Crippen LogP contribution in [0.3, 0.4) is 0 Å². The molecule has 0 aromatic carbocycles. The number of ether oxygens (including phenoxy) is 1. The summed E-state index contributed by atoms with van der Waals surface area (Å²) in [6, 6.07) is 0.941. The SMILES string of the molecule is Cn1cnc(Oc2cnc(CNC3CC3)cn2)n1. The lowest BCUT2D eigenvalue weighted by atomic mass is 10.4. The van der Waals surface area contributed by atoms with E-state index in [1.807, 2.05) is 0 Å². The van der Waals surface area contributed by atoms with Gasteiger partial charge in [0.1, 0.15) is 6.33 Å². The van der Waals surface area contributed by atoms with Gasteiger partial charge in [-0.3, -0.25) is 9.67 Å². The standard InChI is InChI=1S/C11H14N6O/c1-17-7-15-11(16-17)18-10-6-13-9(5-14-10)4-12-8-2-3-8/h5-8,12H,2-4H2,1H3. The second-order valence-electron chi connectivity index (χ2n) is 4.30. The summed E-state index contributed by atoms with van der Waals surface area (Å²) in [5.41, 5.74) is 0.906. The van der Waals surface area contributed by atoms with E-state index in [1.54, 1.807) is 30.5 Å². The largest absolute Gasteiger partial charge is 0.402 e. The number of aromatic nitrogens is 5. The first-order valence-corrected chi connectivity index (χ1v) is 5.87. The number of rotatable bonds is 5. The monoisotopic (exact) mass is 246 g/mol. The maximum atomic E-state index is 5.36. The second-order valence-corrected chi connectivity index (χ2v) is 4.30. The first kappa shape index (κ1) is 11.1. The van der Waals surface area contributed by atoms with Crippen molar-refractivity contribution in [2.24, 2.45) is 7.05 Å². The zero-order valence-electron chi connectivity index (χ0n) is 10.1. The minimum absolute atomic E-state index is 0.274. The maximum Gasteiger partial charge on any atom is 0.342 e. The molecule has 1 N–H and O–H groups in total. The van der Waals surface area contributed by atoms with E-state index >= 15 is 0 Å². The van der Waals surface area contributed by atoms with Crippen LogP contribution in [0.25, 0.3) is 0 Å². The van der Waals surface area contributed by atoms with Gasteiger partial charge >= 0.3 is 6.01 Å². The van der Waals surface area contributed by atoms with E-state index in [1.165, 1.54) is 12.8 Å². The zero-order valence-corrected chi connectivity index (χ0v) is 10.1. The minimum Gasteiger partial charge on any atom is -0.402 e. The van der Waals surface area contributed by atoms with Gasteiger partial charge in [-0.25, -0.2) is 4.98 Å². The third-order valence-electron chi connectivity index (χ3n) is 2.61. The molecule has 7 nitrogen and oxygen atoms in total. The van der Waals surface area contributed by atoms with Crippen LogP contribution in [0.4, 0.5) is 0 Å². The highest BCUT2D eigenvalue weighted by atomic mass is 16.5. The van der Waals surface area contributed by atoms with Crippen LogP contribution in [-0.4, -0.2) is 30.8 Å². The Morgan fingerprint density at radius 3 is 2.83 bits per heavy atom. The fourth-order valence-electron chi connectivity index (χ4n) is 1.48. The lowest BCUT2D eigenvalue weighted by Crippen LogP contribution is -2.16. The average molecular weight is 246 g/mol. The molecule has 0 bridgehead atoms. The smallest absolute Gasteiger partial charge is 0.342 e. The fourth-order valence-corrected chi connectivity index (χ4v) is 1.48.